The first-order valence-corrected chi connectivity index (χ1v) is 11.2. The van der Waals surface area contributed by atoms with Crippen LogP contribution < -0.4 is 4.90 Å². The van der Waals surface area contributed by atoms with E-state index in [0.717, 1.165) is 15.6 Å². The predicted molar refractivity (Wildman–Crippen MR) is 123 cm³/mol. The Bertz CT molecular complexity index is 1100. The Kier molecular flexibility index (Phi) is 5.81. The Balaban J connectivity index is 1.60. The quantitative estimate of drug-likeness (QED) is 0.469. The van der Waals surface area contributed by atoms with E-state index in [2.05, 4.69) is 4.99 Å². The molecular weight excluding hydrogens is 442 g/mol. The van der Waals surface area contributed by atoms with Gasteiger partial charge in [-0.2, -0.15) is 0 Å². The number of benzene rings is 2. The van der Waals surface area contributed by atoms with Crippen molar-refractivity contribution in [3.8, 4) is 0 Å². The summed E-state index contributed by atoms with van der Waals surface area (Å²) in [6.07, 6.45) is 0. The fourth-order valence-electron chi connectivity index (χ4n) is 2.99. The van der Waals surface area contributed by atoms with Gasteiger partial charge in [-0.25, -0.2) is 9.79 Å². The first kappa shape index (κ1) is 20.8. The maximum absolute atomic E-state index is 12.9. The molecule has 0 saturated carbocycles. The highest BCUT2D eigenvalue weighted by Crippen LogP contribution is 2.50. The van der Waals surface area contributed by atoms with Gasteiger partial charge in [0.25, 0.3) is 5.91 Å². The third kappa shape index (κ3) is 3.82. The van der Waals surface area contributed by atoms with Gasteiger partial charge in [-0.15, -0.1) is 0 Å². The van der Waals surface area contributed by atoms with Crippen molar-refractivity contribution in [2.24, 2.45) is 4.99 Å². The van der Waals surface area contributed by atoms with Gasteiger partial charge in [-0.1, -0.05) is 23.4 Å². The maximum Gasteiger partial charge on any atom is 0.338 e. The van der Waals surface area contributed by atoms with Crippen molar-refractivity contribution in [2.75, 3.05) is 25.6 Å². The molecule has 9 heteroatoms. The van der Waals surface area contributed by atoms with Gasteiger partial charge in [-0.05, 0) is 61.2 Å². The summed E-state index contributed by atoms with van der Waals surface area (Å²) in [6, 6.07) is 12.5. The molecule has 2 aliphatic heterocycles. The highest BCUT2D eigenvalue weighted by molar-refractivity contribution is 8.19. The number of aliphatic imine (C=N–C) groups is 1. The molecule has 2 heterocycles. The minimum atomic E-state index is -0.368. The molecule has 4 rings (SSSR count). The van der Waals surface area contributed by atoms with Crippen LogP contribution in [-0.4, -0.2) is 42.6 Å². The zero-order valence-electron chi connectivity index (χ0n) is 16.5. The average Bonchev–Trinajstić information content (AvgIpc) is 3.20. The number of amidine groups is 1. The molecule has 0 radical (unpaired) electrons. The molecule has 2 aromatic carbocycles. The molecule has 0 aromatic heterocycles. The van der Waals surface area contributed by atoms with E-state index < -0.39 is 0 Å². The van der Waals surface area contributed by atoms with Crippen molar-refractivity contribution in [1.82, 2.24) is 4.90 Å². The number of likely N-dealkylation sites (N-methyl/N-ethyl adjacent to an activating group) is 1. The van der Waals surface area contributed by atoms with Gasteiger partial charge in [0, 0.05) is 24.0 Å². The Morgan fingerprint density at radius 3 is 2.53 bits per heavy atom. The van der Waals surface area contributed by atoms with E-state index in [0.29, 0.717) is 33.0 Å². The Hall–Kier alpha value is -2.42. The number of esters is 1. The van der Waals surface area contributed by atoms with Crippen molar-refractivity contribution in [2.45, 2.75) is 11.8 Å². The van der Waals surface area contributed by atoms with Gasteiger partial charge in [0.2, 0.25) is 0 Å². The second kappa shape index (κ2) is 8.37. The van der Waals surface area contributed by atoms with E-state index in [4.69, 9.17) is 16.3 Å². The Morgan fingerprint density at radius 2 is 1.83 bits per heavy atom. The molecule has 0 bridgehead atoms. The minimum absolute atomic E-state index is 0.102. The molecule has 0 atom stereocenters. The monoisotopic (exact) mass is 459 g/mol. The lowest BCUT2D eigenvalue weighted by Crippen LogP contribution is -2.24. The van der Waals surface area contributed by atoms with Crippen LogP contribution in [0.4, 0.5) is 11.4 Å². The standard InChI is InChI=1S/C21H18ClN3O3S2/c1-4-28-20(27)12-5-8-14(9-6-12)23-21-25(3)18(26)17(30-21)19-24(2)15-11-13(22)7-10-16(15)29-19/h5-11H,4H2,1-3H3. The van der Waals surface area contributed by atoms with Gasteiger partial charge < -0.3 is 9.64 Å². The second-order valence-corrected chi connectivity index (χ2v) is 8.98. The fraction of sp³-hybridized carbons (Fsp3) is 0.190. The van der Waals surface area contributed by atoms with E-state index in [1.54, 1.807) is 50.0 Å². The fourth-order valence-corrected chi connectivity index (χ4v) is 5.47. The van der Waals surface area contributed by atoms with Gasteiger partial charge in [-0.3, -0.25) is 9.69 Å². The summed E-state index contributed by atoms with van der Waals surface area (Å²) in [7, 11) is 3.63. The molecule has 1 amide bonds. The number of amides is 1. The van der Waals surface area contributed by atoms with Crippen LogP contribution >= 0.6 is 35.1 Å². The Morgan fingerprint density at radius 1 is 1.10 bits per heavy atom. The van der Waals surface area contributed by atoms with Crippen LogP contribution in [0.25, 0.3) is 0 Å². The van der Waals surface area contributed by atoms with Gasteiger partial charge in [0.1, 0.15) is 4.91 Å². The number of nitrogens with zero attached hydrogens (tertiary/aromatic N) is 3. The van der Waals surface area contributed by atoms with E-state index in [9.17, 15) is 9.59 Å². The number of fused-ring (bicyclic) bond motifs is 1. The van der Waals surface area contributed by atoms with Crippen LogP contribution in [0.1, 0.15) is 17.3 Å². The number of hydrogen-bond donors (Lipinski definition) is 0. The zero-order chi connectivity index (χ0) is 21.4. The van der Waals surface area contributed by atoms with Gasteiger partial charge >= 0.3 is 5.97 Å². The van der Waals surface area contributed by atoms with E-state index in [-0.39, 0.29) is 11.9 Å². The molecule has 154 valence electrons. The first-order valence-electron chi connectivity index (χ1n) is 9.16. The second-order valence-electron chi connectivity index (χ2n) is 6.54. The molecule has 0 spiro atoms. The molecule has 0 unspecified atom stereocenters. The third-order valence-electron chi connectivity index (χ3n) is 4.57. The molecule has 0 aliphatic carbocycles. The van der Waals surface area contributed by atoms with E-state index >= 15 is 0 Å². The zero-order valence-corrected chi connectivity index (χ0v) is 18.9. The Labute approximate surface area is 187 Å². The summed E-state index contributed by atoms with van der Waals surface area (Å²) in [5.41, 5.74) is 2.09. The normalized spacial score (nSPS) is 19.6. The minimum Gasteiger partial charge on any atom is -0.462 e. The lowest BCUT2D eigenvalue weighted by atomic mass is 10.2. The SMILES string of the molecule is CCOC(=O)c1ccc(N=C2SC(=C3Sc4ccc(Cl)cc4N3C)C(=O)N2C)cc1. The van der Waals surface area contributed by atoms with Crippen LogP contribution in [0.3, 0.4) is 0 Å². The van der Waals surface area contributed by atoms with Crippen LogP contribution in [0.2, 0.25) is 5.02 Å². The number of carbonyl (C=O) groups excluding carboxylic acids is 2. The number of anilines is 1. The van der Waals surface area contributed by atoms with Crippen molar-refractivity contribution < 1.29 is 14.3 Å². The van der Waals surface area contributed by atoms with E-state index in [1.807, 2.05) is 30.1 Å². The molecular formula is C21H18ClN3O3S2. The lowest BCUT2D eigenvalue weighted by Gasteiger charge is -2.14. The van der Waals surface area contributed by atoms with E-state index in [1.165, 1.54) is 16.7 Å². The lowest BCUT2D eigenvalue weighted by molar-refractivity contribution is -0.121. The number of ether oxygens (including phenoxy) is 1. The predicted octanol–water partition coefficient (Wildman–Crippen LogP) is 5.12. The molecule has 30 heavy (non-hydrogen) atoms. The molecule has 1 saturated heterocycles. The van der Waals surface area contributed by atoms with Crippen molar-refractivity contribution in [1.29, 1.82) is 0 Å². The molecule has 2 aromatic rings. The number of rotatable bonds is 3. The number of thioether (sulfide) groups is 2. The van der Waals surface area contributed by atoms with Crippen LogP contribution in [-0.2, 0) is 9.53 Å². The van der Waals surface area contributed by atoms with Crippen LogP contribution in [0.15, 0.2) is 62.3 Å². The van der Waals surface area contributed by atoms with Crippen LogP contribution in [0, 0.1) is 0 Å². The number of halogens is 1. The van der Waals surface area contributed by atoms with Crippen molar-refractivity contribution in [3.05, 3.63) is 63.0 Å². The smallest absolute Gasteiger partial charge is 0.338 e. The maximum atomic E-state index is 12.9. The highest BCUT2D eigenvalue weighted by Gasteiger charge is 2.37. The molecule has 6 nitrogen and oxygen atoms in total. The summed E-state index contributed by atoms with van der Waals surface area (Å²) < 4.78 is 4.99. The molecule has 1 fully saturated rings. The number of hydrogen-bond acceptors (Lipinski definition) is 7. The third-order valence-corrected chi connectivity index (χ3v) is 7.29. The average molecular weight is 460 g/mol. The number of carbonyl (C=O) groups is 2. The summed E-state index contributed by atoms with van der Waals surface area (Å²) in [6.45, 7) is 2.09. The molecule has 2 aliphatic rings. The highest BCUT2D eigenvalue weighted by atomic mass is 35.5. The van der Waals surface area contributed by atoms with Gasteiger partial charge in [0.15, 0.2) is 5.17 Å². The van der Waals surface area contributed by atoms with Crippen molar-refractivity contribution in [3.63, 3.8) is 0 Å². The topological polar surface area (TPSA) is 62.2 Å². The van der Waals surface area contributed by atoms with Crippen molar-refractivity contribution >= 4 is 63.5 Å². The molecule has 0 N–H and O–H groups in total. The summed E-state index contributed by atoms with van der Waals surface area (Å²) in [5.74, 6) is -0.470. The van der Waals surface area contributed by atoms with Gasteiger partial charge in [0.05, 0.1) is 28.6 Å². The summed E-state index contributed by atoms with van der Waals surface area (Å²) >= 11 is 9.01. The largest absolute Gasteiger partial charge is 0.462 e. The summed E-state index contributed by atoms with van der Waals surface area (Å²) in [5, 5.41) is 2.09. The summed E-state index contributed by atoms with van der Waals surface area (Å²) in [4.78, 5) is 34.5. The van der Waals surface area contributed by atoms with Crippen LogP contribution in [0.5, 0.6) is 0 Å². The first-order chi connectivity index (χ1) is 14.4.